The summed E-state index contributed by atoms with van der Waals surface area (Å²) >= 11 is 0. The number of hydrogen-bond donors (Lipinski definition) is 1. The van der Waals surface area contributed by atoms with E-state index in [4.69, 9.17) is 4.99 Å². The molecule has 0 aliphatic carbocycles. The minimum atomic E-state index is -3.87. The molecule has 37 heavy (non-hydrogen) atoms. The number of amidine groups is 1. The Morgan fingerprint density at radius 1 is 0.703 bits per heavy atom. The van der Waals surface area contributed by atoms with Crippen LogP contribution in [0.2, 0.25) is 0 Å². The van der Waals surface area contributed by atoms with Gasteiger partial charge in [0.05, 0.1) is 10.6 Å². The van der Waals surface area contributed by atoms with Gasteiger partial charge in [0, 0.05) is 5.56 Å². The van der Waals surface area contributed by atoms with Crippen LogP contribution in [-0.4, -0.2) is 14.3 Å². The highest BCUT2D eigenvalue weighted by Gasteiger charge is 2.23. The first-order chi connectivity index (χ1) is 18.0. The SMILES string of the molecule is Cc1ccc(C(=Nc2ccc3ccccc3c2)N/C(=C/c2ccccc2)S(=O)(=O)c2ccccc2)cc1. The maximum atomic E-state index is 13.8. The Kier molecular flexibility index (Phi) is 6.97. The molecule has 0 spiro atoms. The van der Waals surface area contributed by atoms with E-state index in [0.29, 0.717) is 5.84 Å². The summed E-state index contributed by atoms with van der Waals surface area (Å²) in [6, 6.07) is 39.7. The zero-order valence-electron chi connectivity index (χ0n) is 20.4. The van der Waals surface area contributed by atoms with Gasteiger partial charge in [0.15, 0.2) is 0 Å². The lowest BCUT2D eigenvalue weighted by atomic mass is 10.1. The van der Waals surface area contributed by atoms with Crippen molar-refractivity contribution in [3.8, 4) is 0 Å². The van der Waals surface area contributed by atoms with Crippen LogP contribution >= 0.6 is 0 Å². The van der Waals surface area contributed by atoms with Crippen molar-refractivity contribution < 1.29 is 8.42 Å². The minimum Gasteiger partial charge on any atom is -0.330 e. The number of nitrogens with one attached hydrogen (secondary N) is 1. The quantitative estimate of drug-likeness (QED) is 0.196. The van der Waals surface area contributed by atoms with Crippen molar-refractivity contribution in [1.29, 1.82) is 0 Å². The van der Waals surface area contributed by atoms with Crippen LogP contribution in [0.3, 0.4) is 0 Å². The molecular weight excluding hydrogens is 476 g/mol. The molecule has 0 aromatic heterocycles. The fourth-order valence-corrected chi connectivity index (χ4v) is 5.27. The summed E-state index contributed by atoms with van der Waals surface area (Å²) in [6.45, 7) is 2.01. The van der Waals surface area contributed by atoms with Gasteiger partial charge in [-0.15, -0.1) is 0 Å². The Morgan fingerprint density at radius 3 is 2.03 bits per heavy atom. The molecule has 1 N–H and O–H groups in total. The maximum absolute atomic E-state index is 13.8. The third-order valence-corrected chi connectivity index (χ3v) is 7.67. The van der Waals surface area contributed by atoms with Crippen LogP contribution in [0.15, 0.2) is 142 Å². The number of hydrogen-bond acceptors (Lipinski definition) is 3. The molecule has 0 atom stereocenters. The first kappa shape index (κ1) is 24.2. The summed E-state index contributed by atoms with van der Waals surface area (Å²) < 4.78 is 27.6. The summed E-state index contributed by atoms with van der Waals surface area (Å²) in [7, 11) is -3.87. The maximum Gasteiger partial charge on any atom is 0.221 e. The van der Waals surface area contributed by atoms with Gasteiger partial charge in [-0.3, -0.25) is 0 Å². The van der Waals surface area contributed by atoms with Gasteiger partial charge in [-0.2, -0.15) is 0 Å². The van der Waals surface area contributed by atoms with Gasteiger partial charge in [-0.25, -0.2) is 13.4 Å². The van der Waals surface area contributed by atoms with E-state index >= 15 is 0 Å². The molecule has 5 rings (SSSR count). The van der Waals surface area contributed by atoms with Crippen LogP contribution in [0.4, 0.5) is 5.69 Å². The second-order valence-corrected chi connectivity index (χ2v) is 10.6. The fraction of sp³-hybridized carbons (Fsp3) is 0.0312. The Labute approximate surface area is 217 Å². The molecule has 0 bridgehead atoms. The first-order valence-corrected chi connectivity index (χ1v) is 13.5. The number of fused-ring (bicyclic) bond motifs is 1. The van der Waals surface area contributed by atoms with E-state index < -0.39 is 9.84 Å². The topological polar surface area (TPSA) is 58.5 Å². The third-order valence-electron chi connectivity index (χ3n) is 5.98. The molecule has 0 fully saturated rings. The second kappa shape index (κ2) is 10.6. The van der Waals surface area contributed by atoms with Gasteiger partial charge in [-0.1, -0.05) is 109 Å². The van der Waals surface area contributed by atoms with Crippen molar-refractivity contribution in [2.75, 3.05) is 0 Å². The Bertz CT molecular complexity index is 1690. The number of nitrogens with zero attached hydrogens (tertiary/aromatic N) is 1. The van der Waals surface area contributed by atoms with Gasteiger partial charge in [0.2, 0.25) is 9.84 Å². The molecule has 4 nitrogen and oxygen atoms in total. The van der Waals surface area contributed by atoms with E-state index in [9.17, 15) is 8.42 Å². The lowest BCUT2D eigenvalue weighted by molar-refractivity contribution is 0.600. The van der Waals surface area contributed by atoms with Crippen molar-refractivity contribution in [3.63, 3.8) is 0 Å². The van der Waals surface area contributed by atoms with Crippen LogP contribution in [0.25, 0.3) is 16.8 Å². The smallest absolute Gasteiger partial charge is 0.221 e. The highest BCUT2D eigenvalue weighted by molar-refractivity contribution is 7.95. The second-order valence-electron chi connectivity index (χ2n) is 8.72. The average molecular weight is 503 g/mol. The van der Waals surface area contributed by atoms with E-state index in [1.807, 2.05) is 97.9 Å². The van der Waals surface area contributed by atoms with Crippen LogP contribution in [0, 0.1) is 6.92 Å². The number of aryl methyl sites for hydroxylation is 1. The lowest BCUT2D eigenvalue weighted by Crippen LogP contribution is -2.28. The van der Waals surface area contributed by atoms with Crippen LogP contribution < -0.4 is 5.32 Å². The summed E-state index contributed by atoms with van der Waals surface area (Å²) in [6.07, 6.45) is 1.65. The van der Waals surface area contributed by atoms with E-state index in [-0.39, 0.29) is 9.92 Å². The molecule has 0 saturated carbocycles. The highest BCUT2D eigenvalue weighted by atomic mass is 32.2. The van der Waals surface area contributed by atoms with Crippen LogP contribution in [0.5, 0.6) is 0 Å². The van der Waals surface area contributed by atoms with Crippen LogP contribution in [-0.2, 0) is 9.84 Å². The van der Waals surface area contributed by atoms with Gasteiger partial charge in [0.1, 0.15) is 10.9 Å². The summed E-state index contributed by atoms with van der Waals surface area (Å²) in [5, 5.41) is 5.42. The molecule has 0 aliphatic rings. The normalized spacial score (nSPS) is 12.5. The molecule has 182 valence electrons. The van der Waals surface area contributed by atoms with Crippen molar-refractivity contribution in [2.24, 2.45) is 4.99 Å². The monoisotopic (exact) mass is 502 g/mol. The standard InChI is InChI=1S/C32H26N2O2S/c1-24-16-18-27(19-17-24)32(33-29-21-20-26-12-8-9-13-28(26)23-29)34-31(22-25-10-4-2-5-11-25)37(35,36)30-14-6-3-7-15-30/h2-23H,1H3,(H,33,34)/b31-22-. The number of rotatable bonds is 6. The van der Waals surface area contributed by atoms with Gasteiger partial charge in [0.25, 0.3) is 0 Å². The molecule has 0 amide bonds. The first-order valence-electron chi connectivity index (χ1n) is 12.0. The number of aliphatic imine (C=N–C) groups is 1. The van der Waals surface area contributed by atoms with E-state index in [0.717, 1.165) is 33.2 Å². The predicted molar refractivity (Wildman–Crippen MR) is 153 cm³/mol. The zero-order valence-corrected chi connectivity index (χ0v) is 21.2. The Hall–Kier alpha value is -4.48. The molecule has 5 heteroatoms. The van der Waals surface area contributed by atoms with Crippen molar-refractivity contribution in [2.45, 2.75) is 11.8 Å². The molecule has 0 heterocycles. The summed E-state index contributed by atoms with van der Waals surface area (Å²) in [4.78, 5) is 5.10. The lowest BCUT2D eigenvalue weighted by Gasteiger charge is -2.15. The van der Waals surface area contributed by atoms with Gasteiger partial charge >= 0.3 is 0 Å². The van der Waals surface area contributed by atoms with E-state index in [1.165, 1.54) is 0 Å². The number of sulfone groups is 1. The largest absolute Gasteiger partial charge is 0.330 e. The van der Waals surface area contributed by atoms with E-state index in [2.05, 4.69) is 11.4 Å². The molecule has 5 aromatic carbocycles. The van der Waals surface area contributed by atoms with Crippen LogP contribution in [0.1, 0.15) is 16.7 Å². The highest BCUT2D eigenvalue weighted by Crippen LogP contribution is 2.24. The fourth-order valence-electron chi connectivity index (χ4n) is 3.98. The van der Waals surface area contributed by atoms with Gasteiger partial charge < -0.3 is 5.32 Å². The molecule has 0 aliphatic heterocycles. The minimum absolute atomic E-state index is 0.0463. The van der Waals surface area contributed by atoms with E-state index in [1.54, 1.807) is 36.4 Å². The predicted octanol–water partition coefficient (Wildman–Crippen LogP) is 7.29. The summed E-state index contributed by atoms with van der Waals surface area (Å²) in [5.41, 5.74) is 3.36. The zero-order chi connectivity index (χ0) is 25.7. The Balaban J connectivity index is 1.65. The molecule has 0 unspecified atom stereocenters. The van der Waals surface area contributed by atoms with Crippen molar-refractivity contribution >= 4 is 38.2 Å². The van der Waals surface area contributed by atoms with Crippen molar-refractivity contribution in [3.05, 3.63) is 149 Å². The summed E-state index contributed by atoms with van der Waals surface area (Å²) in [5.74, 6) is 0.442. The average Bonchev–Trinajstić information content (AvgIpc) is 2.93. The molecular formula is C32H26N2O2S. The molecule has 5 aromatic rings. The van der Waals surface area contributed by atoms with Gasteiger partial charge in [-0.05, 0) is 53.6 Å². The molecule has 0 saturated heterocycles. The third kappa shape index (κ3) is 5.68. The number of benzene rings is 5. The Morgan fingerprint density at radius 2 is 1.32 bits per heavy atom. The molecule has 0 radical (unpaired) electrons. The van der Waals surface area contributed by atoms with Crippen molar-refractivity contribution in [1.82, 2.24) is 5.32 Å².